The Hall–Kier alpha value is -1.33. The summed E-state index contributed by atoms with van der Waals surface area (Å²) >= 11 is 0. The van der Waals surface area contributed by atoms with Gasteiger partial charge in [0.25, 0.3) is 0 Å². The van der Waals surface area contributed by atoms with Gasteiger partial charge in [0.2, 0.25) is 0 Å². The number of nitrogens with one attached hydrogen (secondary N) is 2. The molecule has 0 aliphatic heterocycles. The van der Waals surface area contributed by atoms with Crippen molar-refractivity contribution in [3.8, 4) is 0 Å². The van der Waals surface area contributed by atoms with E-state index in [0.717, 1.165) is 31.2 Å². The first-order valence-corrected chi connectivity index (χ1v) is 6.32. The lowest BCUT2D eigenvalue weighted by atomic mass is 10.0. The smallest absolute Gasteiger partial charge is 0.354 e. The Balaban J connectivity index is 1.80. The summed E-state index contributed by atoms with van der Waals surface area (Å²) in [5, 5.41) is 13.4. The maximum atomic E-state index is 11.2. The molecule has 1 aliphatic carbocycles. The minimum atomic E-state index is -0.540. The lowest BCUT2D eigenvalue weighted by Gasteiger charge is -2.22. The molecule has 5 heteroatoms. The van der Waals surface area contributed by atoms with E-state index in [4.69, 9.17) is 0 Å². The second-order valence-corrected chi connectivity index (χ2v) is 4.95. The lowest BCUT2D eigenvalue weighted by molar-refractivity contribution is 0.0474. The van der Waals surface area contributed by atoms with Crippen molar-refractivity contribution in [2.45, 2.75) is 37.8 Å². The minimum absolute atomic E-state index is 0.365. The Bertz CT molecular complexity index is 408. The quantitative estimate of drug-likeness (QED) is 0.688. The van der Waals surface area contributed by atoms with Crippen LogP contribution in [0.25, 0.3) is 0 Å². The average Bonchev–Trinajstić information content (AvgIpc) is 2.98. The molecule has 0 saturated heterocycles. The van der Waals surface area contributed by atoms with Crippen molar-refractivity contribution in [3.05, 3.63) is 23.5 Å². The van der Waals surface area contributed by atoms with Gasteiger partial charge in [0.1, 0.15) is 5.69 Å². The molecule has 1 aromatic rings. The normalized spacial score (nSPS) is 17.9. The second kappa shape index (κ2) is 5.54. The Morgan fingerprint density at radius 1 is 1.56 bits per heavy atom. The Morgan fingerprint density at radius 3 is 2.94 bits per heavy atom. The molecular formula is C13H20N2O3. The van der Waals surface area contributed by atoms with Gasteiger partial charge >= 0.3 is 5.97 Å². The van der Waals surface area contributed by atoms with Crippen LogP contribution in [-0.2, 0) is 11.3 Å². The molecule has 100 valence electrons. The molecule has 0 unspecified atom stereocenters. The van der Waals surface area contributed by atoms with E-state index in [9.17, 15) is 9.90 Å². The fourth-order valence-corrected chi connectivity index (χ4v) is 2.42. The highest BCUT2D eigenvalue weighted by atomic mass is 16.5. The van der Waals surface area contributed by atoms with E-state index in [1.54, 1.807) is 12.3 Å². The van der Waals surface area contributed by atoms with Crippen molar-refractivity contribution in [1.29, 1.82) is 0 Å². The SMILES string of the molecule is COC(=O)c1cc(CNCC2(O)CCCC2)c[nH]1. The van der Waals surface area contributed by atoms with Crippen LogP contribution in [0.4, 0.5) is 0 Å². The number of ether oxygens (including phenoxy) is 1. The maximum Gasteiger partial charge on any atom is 0.354 e. The number of rotatable bonds is 5. The van der Waals surface area contributed by atoms with Crippen LogP contribution in [0.3, 0.4) is 0 Å². The summed E-state index contributed by atoms with van der Waals surface area (Å²) in [6, 6.07) is 1.76. The fraction of sp³-hybridized carbons (Fsp3) is 0.615. The molecule has 1 aliphatic rings. The monoisotopic (exact) mass is 252 g/mol. The lowest BCUT2D eigenvalue weighted by Crippen LogP contribution is -2.37. The zero-order valence-corrected chi connectivity index (χ0v) is 10.7. The van der Waals surface area contributed by atoms with Crippen LogP contribution in [0.1, 0.15) is 41.7 Å². The molecule has 0 atom stereocenters. The van der Waals surface area contributed by atoms with Crippen LogP contribution in [0, 0.1) is 0 Å². The van der Waals surface area contributed by atoms with Gasteiger partial charge in [-0.05, 0) is 24.5 Å². The van der Waals surface area contributed by atoms with E-state index in [2.05, 4.69) is 15.0 Å². The number of esters is 1. The third-order valence-electron chi connectivity index (χ3n) is 3.47. The van der Waals surface area contributed by atoms with Gasteiger partial charge in [-0.3, -0.25) is 0 Å². The summed E-state index contributed by atoms with van der Waals surface area (Å²) in [4.78, 5) is 14.1. The van der Waals surface area contributed by atoms with Crippen molar-refractivity contribution in [1.82, 2.24) is 10.3 Å². The Morgan fingerprint density at radius 2 is 2.28 bits per heavy atom. The minimum Gasteiger partial charge on any atom is -0.464 e. The largest absolute Gasteiger partial charge is 0.464 e. The van der Waals surface area contributed by atoms with E-state index >= 15 is 0 Å². The van der Waals surface area contributed by atoms with Gasteiger partial charge in [0, 0.05) is 19.3 Å². The summed E-state index contributed by atoms with van der Waals surface area (Å²) in [5.74, 6) is -0.365. The molecule has 0 aromatic carbocycles. The van der Waals surface area contributed by atoms with Gasteiger partial charge in [-0.1, -0.05) is 12.8 Å². The van der Waals surface area contributed by atoms with Crippen molar-refractivity contribution in [2.24, 2.45) is 0 Å². The first-order chi connectivity index (χ1) is 8.63. The number of hydrogen-bond donors (Lipinski definition) is 3. The molecule has 0 amide bonds. The zero-order chi connectivity index (χ0) is 13.0. The van der Waals surface area contributed by atoms with E-state index in [0.29, 0.717) is 18.8 Å². The number of aromatic nitrogens is 1. The number of H-pyrrole nitrogens is 1. The summed E-state index contributed by atoms with van der Waals surface area (Å²) < 4.78 is 4.62. The standard InChI is InChI=1S/C13H20N2O3/c1-18-12(16)11-6-10(8-15-11)7-14-9-13(17)4-2-3-5-13/h6,8,14-15,17H,2-5,7,9H2,1H3. The van der Waals surface area contributed by atoms with Crippen LogP contribution in [0.2, 0.25) is 0 Å². The third-order valence-corrected chi connectivity index (χ3v) is 3.47. The van der Waals surface area contributed by atoms with Gasteiger partial charge in [-0.25, -0.2) is 4.79 Å². The summed E-state index contributed by atoms with van der Waals surface area (Å²) in [6.45, 7) is 1.24. The molecule has 1 aromatic heterocycles. The Kier molecular flexibility index (Phi) is 4.04. The highest BCUT2D eigenvalue weighted by Gasteiger charge is 2.30. The molecule has 2 rings (SSSR count). The molecule has 3 N–H and O–H groups in total. The number of hydrogen-bond acceptors (Lipinski definition) is 4. The molecule has 0 radical (unpaired) electrons. The highest BCUT2D eigenvalue weighted by Crippen LogP contribution is 2.28. The predicted octanol–water partition coefficient (Wildman–Crippen LogP) is 1.20. The van der Waals surface area contributed by atoms with Crippen LogP contribution in [-0.4, -0.2) is 35.3 Å². The molecule has 1 fully saturated rings. The first-order valence-electron chi connectivity index (χ1n) is 6.32. The van der Waals surface area contributed by atoms with Crippen molar-refractivity contribution < 1.29 is 14.6 Å². The number of aliphatic hydroxyl groups is 1. The van der Waals surface area contributed by atoms with Gasteiger partial charge < -0.3 is 20.1 Å². The van der Waals surface area contributed by atoms with Gasteiger partial charge in [-0.2, -0.15) is 0 Å². The number of methoxy groups -OCH3 is 1. The molecule has 1 heterocycles. The molecular weight excluding hydrogens is 232 g/mol. The number of aromatic amines is 1. The molecule has 0 bridgehead atoms. The highest BCUT2D eigenvalue weighted by molar-refractivity contribution is 5.87. The molecule has 5 nitrogen and oxygen atoms in total. The molecule has 0 spiro atoms. The second-order valence-electron chi connectivity index (χ2n) is 4.95. The van der Waals surface area contributed by atoms with E-state index in [1.807, 2.05) is 0 Å². The average molecular weight is 252 g/mol. The van der Waals surface area contributed by atoms with Crippen molar-refractivity contribution in [2.75, 3.05) is 13.7 Å². The van der Waals surface area contributed by atoms with E-state index in [-0.39, 0.29) is 5.97 Å². The number of carbonyl (C=O) groups excluding carboxylic acids is 1. The van der Waals surface area contributed by atoms with Crippen LogP contribution in [0.5, 0.6) is 0 Å². The summed E-state index contributed by atoms with van der Waals surface area (Å²) in [6.07, 6.45) is 5.74. The van der Waals surface area contributed by atoms with Crippen molar-refractivity contribution in [3.63, 3.8) is 0 Å². The van der Waals surface area contributed by atoms with Crippen LogP contribution >= 0.6 is 0 Å². The Labute approximate surface area is 107 Å². The first kappa shape index (κ1) is 13.1. The van der Waals surface area contributed by atoms with Gasteiger partial charge in [0.05, 0.1) is 12.7 Å². The fourth-order valence-electron chi connectivity index (χ4n) is 2.42. The van der Waals surface area contributed by atoms with Gasteiger partial charge in [0.15, 0.2) is 0 Å². The van der Waals surface area contributed by atoms with Crippen LogP contribution < -0.4 is 5.32 Å². The van der Waals surface area contributed by atoms with E-state index < -0.39 is 5.60 Å². The number of carbonyl (C=O) groups is 1. The van der Waals surface area contributed by atoms with Crippen LogP contribution in [0.15, 0.2) is 12.3 Å². The summed E-state index contributed by atoms with van der Waals surface area (Å²) in [7, 11) is 1.36. The molecule has 1 saturated carbocycles. The maximum absolute atomic E-state index is 11.2. The van der Waals surface area contributed by atoms with Gasteiger partial charge in [-0.15, -0.1) is 0 Å². The van der Waals surface area contributed by atoms with Crippen molar-refractivity contribution >= 4 is 5.97 Å². The third kappa shape index (κ3) is 3.11. The van der Waals surface area contributed by atoms with E-state index in [1.165, 1.54) is 7.11 Å². The molecule has 18 heavy (non-hydrogen) atoms. The predicted molar refractivity (Wildman–Crippen MR) is 67.3 cm³/mol. The summed E-state index contributed by atoms with van der Waals surface area (Å²) in [5.41, 5.74) is 0.896. The topological polar surface area (TPSA) is 74.3 Å². The zero-order valence-electron chi connectivity index (χ0n) is 10.7.